The molecule has 106 valence electrons. The first-order valence-corrected chi connectivity index (χ1v) is 6.48. The molecule has 19 heavy (non-hydrogen) atoms. The van der Waals surface area contributed by atoms with Crippen molar-refractivity contribution in [1.29, 1.82) is 0 Å². The highest BCUT2D eigenvalue weighted by molar-refractivity contribution is 5.70. The number of aryl methyl sites for hydroxylation is 1. The summed E-state index contributed by atoms with van der Waals surface area (Å²) in [5.41, 5.74) is 1.20. The quantitative estimate of drug-likeness (QED) is 0.577. The van der Waals surface area contributed by atoms with E-state index in [4.69, 9.17) is 0 Å². The van der Waals surface area contributed by atoms with Crippen molar-refractivity contribution in [2.45, 2.75) is 33.6 Å². The molecule has 2 rings (SSSR count). The molecule has 4 nitrogen and oxygen atoms in total. The minimum Gasteiger partial charge on any atom is -0.306 e. The molecule has 1 aromatic heterocycles. The normalized spacial score (nSPS) is 12.7. The molecule has 1 aromatic rings. The average molecular weight is 263 g/mol. The van der Waals surface area contributed by atoms with Gasteiger partial charge in [-0.05, 0) is 39.9 Å². The van der Waals surface area contributed by atoms with E-state index in [-0.39, 0.29) is 0 Å². The predicted octanol–water partition coefficient (Wildman–Crippen LogP) is 2.59. The lowest BCUT2D eigenvalue weighted by Gasteiger charge is -2.01. The van der Waals surface area contributed by atoms with Gasteiger partial charge in [0.1, 0.15) is 5.69 Å². The van der Waals surface area contributed by atoms with E-state index >= 15 is 0 Å². The van der Waals surface area contributed by atoms with Gasteiger partial charge in [-0.15, -0.1) is 12.8 Å². The van der Waals surface area contributed by atoms with Gasteiger partial charge >= 0.3 is 0 Å². The van der Waals surface area contributed by atoms with Gasteiger partial charge in [0.25, 0.3) is 0 Å². The van der Waals surface area contributed by atoms with Crippen LogP contribution in [0.4, 0.5) is 0 Å². The van der Waals surface area contributed by atoms with Gasteiger partial charge in [-0.1, -0.05) is 13.8 Å². The highest BCUT2D eigenvalue weighted by Gasteiger charge is 2.03. The Morgan fingerprint density at radius 1 is 1.16 bits per heavy atom. The van der Waals surface area contributed by atoms with Crippen molar-refractivity contribution < 1.29 is 4.79 Å². The fourth-order valence-electron chi connectivity index (χ4n) is 1.34. The van der Waals surface area contributed by atoms with Crippen LogP contribution in [0.3, 0.4) is 0 Å². The number of carbonyl (C=O) groups excluding carboxylic acids is 1. The van der Waals surface area contributed by atoms with Gasteiger partial charge in [0.2, 0.25) is 0 Å². The van der Waals surface area contributed by atoms with Crippen molar-refractivity contribution in [2.24, 2.45) is 0 Å². The van der Waals surface area contributed by atoms with Crippen LogP contribution in [0.1, 0.15) is 42.9 Å². The standard InChI is InChI=1S/C6H6N2O.C5H11N.C2H6.C2H2/c1-5-2-8-6(4-9)3-7-5;1-6-4-2-3-5-6;2*1-2/h2-4H,1H3;2-5H2,1H3;1-2H3;1-2H. The Morgan fingerprint density at radius 3 is 1.95 bits per heavy atom. The number of aldehydes is 1. The molecule has 4 heteroatoms. The molecule has 0 radical (unpaired) electrons. The number of terminal acetylenes is 1. The van der Waals surface area contributed by atoms with E-state index in [0.717, 1.165) is 5.69 Å². The van der Waals surface area contributed by atoms with Crippen molar-refractivity contribution in [3.8, 4) is 12.8 Å². The van der Waals surface area contributed by atoms with Crippen LogP contribution in [-0.2, 0) is 0 Å². The molecule has 0 unspecified atom stereocenters. The number of carbonyl (C=O) groups is 1. The second kappa shape index (κ2) is 14.3. The minimum absolute atomic E-state index is 0.376. The van der Waals surface area contributed by atoms with Gasteiger partial charge in [0, 0.05) is 6.20 Å². The summed E-state index contributed by atoms with van der Waals surface area (Å²) in [7, 11) is 2.17. The summed E-state index contributed by atoms with van der Waals surface area (Å²) in [6, 6.07) is 0. The molecule has 0 aliphatic carbocycles. The fourth-order valence-corrected chi connectivity index (χ4v) is 1.34. The summed E-state index contributed by atoms with van der Waals surface area (Å²) in [4.78, 5) is 20.0. The Morgan fingerprint density at radius 2 is 1.68 bits per heavy atom. The molecular formula is C15H25N3O. The maximum Gasteiger partial charge on any atom is 0.170 e. The fraction of sp³-hybridized carbons (Fsp3) is 0.533. The second-order valence-electron chi connectivity index (χ2n) is 3.71. The second-order valence-corrected chi connectivity index (χ2v) is 3.71. The molecule has 1 fully saturated rings. The molecular weight excluding hydrogens is 238 g/mol. The third-order valence-electron chi connectivity index (χ3n) is 2.25. The highest BCUT2D eigenvalue weighted by Crippen LogP contribution is 2.02. The van der Waals surface area contributed by atoms with Crippen LogP contribution >= 0.6 is 0 Å². The lowest BCUT2D eigenvalue weighted by atomic mass is 10.4. The summed E-state index contributed by atoms with van der Waals surface area (Å²) < 4.78 is 0. The summed E-state index contributed by atoms with van der Waals surface area (Å²) in [6.07, 6.45) is 14.5. The summed E-state index contributed by atoms with van der Waals surface area (Å²) >= 11 is 0. The summed E-state index contributed by atoms with van der Waals surface area (Å²) in [6.45, 7) is 8.46. The van der Waals surface area contributed by atoms with Crippen LogP contribution in [0.2, 0.25) is 0 Å². The van der Waals surface area contributed by atoms with Gasteiger partial charge in [-0.3, -0.25) is 9.78 Å². The Bertz CT molecular complexity index is 327. The molecule has 0 bridgehead atoms. The van der Waals surface area contributed by atoms with E-state index in [1.54, 1.807) is 6.20 Å². The largest absolute Gasteiger partial charge is 0.306 e. The SMILES string of the molecule is C#C.CC.CN1CCCC1.Cc1cnc(C=O)cn1. The first-order chi connectivity index (χ1) is 9.22. The van der Waals surface area contributed by atoms with Crippen molar-refractivity contribution in [3.05, 3.63) is 23.8 Å². The zero-order chi connectivity index (χ0) is 15.1. The molecule has 1 aliphatic heterocycles. The van der Waals surface area contributed by atoms with Crippen LogP contribution in [0.25, 0.3) is 0 Å². The maximum absolute atomic E-state index is 10.0. The average Bonchev–Trinajstić information content (AvgIpc) is 2.96. The number of rotatable bonds is 1. The molecule has 1 saturated heterocycles. The smallest absolute Gasteiger partial charge is 0.170 e. The number of likely N-dealkylation sites (tertiary alicyclic amines) is 1. The van der Waals surface area contributed by atoms with Crippen LogP contribution < -0.4 is 0 Å². The third-order valence-corrected chi connectivity index (χ3v) is 2.25. The zero-order valence-electron chi connectivity index (χ0n) is 12.5. The molecule has 0 N–H and O–H groups in total. The van der Waals surface area contributed by atoms with Gasteiger partial charge in [0.05, 0.1) is 11.9 Å². The van der Waals surface area contributed by atoms with E-state index in [2.05, 4.69) is 34.8 Å². The molecule has 0 spiro atoms. The first kappa shape index (κ1) is 19.6. The molecule has 0 atom stereocenters. The maximum atomic E-state index is 10.0. The number of hydrogen-bond acceptors (Lipinski definition) is 4. The van der Waals surface area contributed by atoms with Gasteiger partial charge < -0.3 is 4.90 Å². The molecule has 0 amide bonds. The first-order valence-electron chi connectivity index (χ1n) is 6.48. The molecule has 0 saturated carbocycles. The number of nitrogens with zero attached hydrogens (tertiary/aromatic N) is 3. The number of hydrogen-bond donors (Lipinski definition) is 0. The van der Waals surface area contributed by atoms with E-state index < -0.39 is 0 Å². The van der Waals surface area contributed by atoms with Crippen molar-refractivity contribution in [1.82, 2.24) is 14.9 Å². The zero-order valence-corrected chi connectivity index (χ0v) is 12.5. The Kier molecular flexibility index (Phi) is 14.8. The van der Waals surface area contributed by atoms with Gasteiger partial charge in [-0.25, -0.2) is 4.98 Å². The summed E-state index contributed by atoms with van der Waals surface area (Å²) in [5.74, 6) is 0. The van der Waals surface area contributed by atoms with Gasteiger partial charge in [-0.2, -0.15) is 0 Å². The van der Waals surface area contributed by atoms with Crippen LogP contribution in [0, 0.1) is 19.8 Å². The van der Waals surface area contributed by atoms with Crippen LogP contribution in [-0.4, -0.2) is 41.3 Å². The van der Waals surface area contributed by atoms with Crippen molar-refractivity contribution in [2.75, 3.05) is 20.1 Å². The Hall–Kier alpha value is -1.73. The molecule has 1 aliphatic rings. The summed E-state index contributed by atoms with van der Waals surface area (Å²) in [5, 5.41) is 0. The topological polar surface area (TPSA) is 46.1 Å². The molecule has 2 heterocycles. The van der Waals surface area contributed by atoms with Crippen molar-refractivity contribution >= 4 is 6.29 Å². The van der Waals surface area contributed by atoms with E-state index in [1.807, 2.05) is 20.8 Å². The Labute approximate surface area is 117 Å². The van der Waals surface area contributed by atoms with E-state index in [9.17, 15) is 4.79 Å². The highest BCUT2D eigenvalue weighted by atomic mass is 16.1. The minimum atomic E-state index is 0.376. The van der Waals surface area contributed by atoms with Crippen LogP contribution in [0.5, 0.6) is 0 Å². The lowest BCUT2D eigenvalue weighted by molar-refractivity contribution is 0.111. The monoisotopic (exact) mass is 263 g/mol. The molecule has 0 aromatic carbocycles. The Balaban J connectivity index is 0. The lowest BCUT2D eigenvalue weighted by Crippen LogP contribution is -2.10. The predicted molar refractivity (Wildman–Crippen MR) is 80.1 cm³/mol. The van der Waals surface area contributed by atoms with E-state index in [1.165, 1.54) is 32.1 Å². The van der Waals surface area contributed by atoms with Crippen molar-refractivity contribution in [3.63, 3.8) is 0 Å². The van der Waals surface area contributed by atoms with Crippen LogP contribution in [0.15, 0.2) is 12.4 Å². The number of aromatic nitrogens is 2. The van der Waals surface area contributed by atoms with E-state index in [0.29, 0.717) is 12.0 Å². The third kappa shape index (κ3) is 11.1. The van der Waals surface area contributed by atoms with Gasteiger partial charge in [0.15, 0.2) is 6.29 Å².